The molecule has 96 valence electrons. The van der Waals surface area contributed by atoms with Crippen molar-refractivity contribution in [2.24, 2.45) is 0 Å². The molecule has 3 rings (SSSR count). The van der Waals surface area contributed by atoms with E-state index < -0.39 is 5.82 Å². The molecule has 3 aromatic heterocycles. The zero-order valence-corrected chi connectivity index (χ0v) is 11.6. The molecule has 3 aromatic rings. The van der Waals surface area contributed by atoms with Gasteiger partial charge in [0.1, 0.15) is 0 Å². The maximum Gasteiger partial charge on any atom is 0.347 e. The van der Waals surface area contributed by atoms with Gasteiger partial charge >= 0.3 is 5.69 Å². The van der Waals surface area contributed by atoms with Crippen LogP contribution in [0.25, 0.3) is 17.0 Å². The minimum atomic E-state index is -0.431. The first-order valence-corrected chi connectivity index (χ1v) is 6.86. The van der Waals surface area contributed by atoms with Gasteiger partial charge in [0, 0.05) is 16.2 Å². The second kappa shape index (κ2) is 4.68. The summed E-state index contributed by atoms with van der Waals surface area (Å²) in [5.41, 5.74) is 1.13. The number of aromatic amines is 1. The Morgan fingerprint density at radius 2 is 2.26 bits per heavy atom. The fourth-order valence-corrected chi connectivity index (χ4v) is 2.21. The van der Waals surface area contributed by atoms with Gasteiger partial charge in [0.15, 0.2) is 17.3 Å². The van der Waals surface area contributed by atoms with Crippen LogP contribution in [0.2, 0.25) is 0 Å². The van der Waals surface area contributed by atoms with Crippen LogP contribution in [0, 0.1) is 5.82 Å². The number of halogens is 2. The summed E-state index contributed by atoms with van der Waals surface area (Å²) in [6.45, 7) is 0. The van der Waals surface area contributed by atoms with Gasteiger partial charge in [-0.05, 0) is 12.1 Å². The van der Waals surface area contributed by atoms with E-state index in [1.54, 1.807) is 18.3 Å². The number of aromatic nitrogens is 5. The van der Waals surface area contributed by atoms with Crippen LogP contribution in [0.5, 0.6) is 0 Å². The third-order valence-electron chi connectivity index (χ3n) is 2.61. The van der Waals surface area contributed by atoms with Crippen LogP contribution in [-0.4, -0.2) is 24.6 Å². The third kappa shape index (κ3) is 2.11. The number of hydrogen-bond donors (Lipinski definition) is 1. The van der Waals surface area contributed by atoms with Crippen molar-refractivity contribution < 1.29 is 4.39 Å². The van der Waals surface area contributed by atoms with Crippen molar-refractivity contribution in [2.45, 2.75) is 4.43 Å². The monoisotopic (exact) mass is 371 g/mol. The van der Waals surface area contributed by atoms with Crippen LogP contribution in [0.1, 0.15) is 5.69 Å². The summed E-state index contributed by atoms with van der Waals surface area (Å²) < 4.78 is 15.2. The highest BCUT2D eigenvalue weighted by molar-refractivity contribution is 14.1. The van der Waals surface area contributed by atoms with E-state index in [4.69, 9.17) is 0 Å². The molecule has 8 heteroatoms. The smallest absolute Gasteiger partial charge is 0.250 e. The van der Waals surface area contributed by atoms with E-state index in [1.165, 1.54) is 4.40 Å². The van der Waals surface area contributed by atoms with E-state index in [-0.39, 0.29) is 5.69 Å². The van der Waals surface area contributed by atoms with Gasteiger partial charge in [-0.1, -0.05) is 22.6 Å². The van der Waals surface area contributed by atoms with Crippen LogP contribution in [0.4, 0.5) is 4.39 Å². The Morgan fingerprint density at radius 1 is 1.42 bits per heavy atom. The Bertz CT molecular complexity index is 812. The summed E-state index contributed by atoms with van der Waals surface area (Å²) >= 11 is 2.03. The highest BCUT2D eigenvalue weighted by atomic mass is 127. The molecule has 0 aliphatic rings. The van der Waals surface area contributed by atoms with Crippen molar-refractivity contribution in [3.63, 3.8) is 0 Å². The van der Waals surface area contributed by atoms with Crippen LogP contribution in [0.3, 0.4) is 0 Å². The zero-order valence-electron chi connectivity index (χ0n) is 9.47. The molecule has 0 aromatic carbocycles. The minimum Gasteiger partial charge on any atom is -0.250 e. The zero-order chi connectivity index (χ0) is 13.4. The molecule has 0 aliphatic heterocycles. The Balaban J connectivity index is 2.18. The van der Waals surface area contributed by atoms with Gasteiger partial charge in [-0.2, -0.15) is 5.10 Å². The molecule has 0 fully saturated rings. The van der Waals surface area contributed by atoms with E-state index in [0.717, 1.165) is 6.20 Å². The van der Waals surface area contributed by atoms with Crippen LogP contribution in [-0.2, 0) is 4.43 Å². The van der Waals surface area contributed by atoms with Gasteiger partial charge in [0.25, 0.3) is 0 Å². The molecule has 0 saturated carbocycles. The largest absolute Gasteiger partial charge is 0.347 e. The second-order valence-electron chi connectivity index (χ2n) is 3.80. The number of H-pyrrole nitrogens is 1. The molecule has 1 N–H and O–H groups in total. The first-order chi connectivity index (χ1) is 9.19. The SMILES string of the molecule is O=c1[nH]nc2ccc(-c3ncc(F)c(CI)n3)cn12. The second-order valence-corrected chi connectivity index (χ2v) is 4.56. The van der Waals surface area contributed by atoms with Crippen molar-refractivity contribution in [1.29, 1.82) is 0 Å². The molecule has 0 bridgehead atoms. The predicted molar refractivity (Wildman–Crippen MR) is 74.5 cm³/mol. The number of rotatable bonds is 2. The van der Waals surface area contributed by atoms with E-state index in [1.807, 2.05) is 22.6 Å². The summed E-state index contributed by atoms with van der Waals surface area (Å²) in [5, 5.41) is 6.17. The number of hydrogen-bond acceptors (Lipinski definition) is 4. The number of fused-ring (bicyclic) bond motifs is 1. The van der Waals surface area contributed by atoms with Crippen molar-refractivity contribution in [1.82, 2.24) is 24.6 Å². The lowest BCUT2D eigenvalue weighted by atomic mass is 10.2. The molecule has 0 spiro atoms. The molecule has 0 amide bonds. The van der Waals surface area contributed by atoms with Gasteiger partial charge in [0.2, 0.25) is 0 Å². The predicted octanol–water partition coefficient (Wildman–Crippen LogP) is 1.55. The van der Waals surface area contributed by atoms with Crippen LogP contribution >= 0.6 is 22.6 Å². The van der Waals surface area contributed by atoms with Crippen molar-refractivity contribution in [3.05, 3.63) is 46.5 Å². The van der Waals surface area contributed by atoms with Crippen LogP contribution < -0.4 is 5.69 Å². The fraction of sp³-hybridized carbons (Fsp3) is 0.0909. The summed E-state index contributed by atoms with van der Waals surface area (Å²) in [5.74, 6) is -0.0530. The first-order valence-electron chi connectivity index (χ1n) is 5.33. The molecule has 0 radical (unpaired) electrons. The molecular weight excluding hydrogens is 364 g/mol. The highest BCUT2D eigenvalue weighted by Gasteiger charge is 2.09. The summed E-state index contributed by atoms with van der Waals surface area (Å²) in [6.07, 6.45) is 2.71. The highest BCUT2D eigenvalue weighted by Crippen LogP contribution is 2.17. The Hall–Kier alpha value is -1.84. The molecule has 0 unspecified atom stereocenters. The molecule has 19 heavy (non-hydrogen) atoms. The quantitative estimate of drug-likeness (QED) is 0.548. The van der Waals surface area contributed by atoms with E-state index in [9.17, 15) is 9.18 Å². The lowest BCUT2D eigenvalue weighted by Crippen LogP contribution is -2.09. The van der Waals surface area contributed by atoms with E-state index in [0.29, 0.717) is 27.2 Å². The number of pyridine rings is 1. The third-order valence-corrected chi connectivity index (χ3v) is 3.34. The molecular formula is C11H7FIN5O. The Labute approximate surface area is 119 Å². The normalized spacial score (nSPS) is 11.1. The van der Waals surface area contributed by atoms with E-state index >= 15 is 0 Å². The van der Waals surface area contributed by atoms with Crippen molar-refractivity contribution >= 4 is 28.2 Å². The lowest BCUT2D eigenvalue weighted by molar-refractivity contribution is 0.602. The first kappa shape index (κ1) is 12.2. The molecule has 0 saturated heterocycles. The fourth-order valence-electron chi connectivity index (χ4n) is 1.67. The minimum absolute atomic E-state index is 0.338. The molecule has 6 nitrogen and oxygen atoms in total. The maximum atomic E-state index is 13.4. The summed E-state index contributed by atoms with van der Waals surface area (Å²) in [6, 6.07) is 3.41. The number of alkyl halides is 1. The number of nitrogens with one attached hydrogen (secondary N) is 1. The van der Waals surface area contributed by atoms with Gasteiger partial charge in [-0.3, -0.25) is 0 Å². The molecule has 3 heterocycles. The lowest BCUT2D eigenvalue weighted by Gasteiger charge is -2.03. The van der Waals surface area contributed by atoms with Crippen molar-refractivity contribution in [2.75, 3.05) is 0 Å². The number of nitrogens with zero attached hydrogens (tertiary/aromatic N) is 4. The van der Waals surface area contributed by atoms with Gasteiger partial charge in [0.05, 0.1) is 11.9 Å². The summed E-state index contributed by atoms with van der Waals surface area (Å²) in [7, 11) is 0. The Morgan fingerprint density at radius 3 is 3.05 bits per heavy atom. The van der Waals surface area contributed by atoms with Crippen LogP contribution in [0.15, 0.2) is 29.3 Å². The summed E-state index contributed by atoms with van der Waals surface area (Å²) in [4.78, 5) is 19.6. The molecule has 0 atom stereocenters. The van der Waals surface area contributed by atoms with E-state index in [2.05, 4.69) is 20.2 Å². The topological polar surface area (TPSA) is 75.9 Å². The Kier molecular flexibility index (Phi) is 3.01. The van der Waals surface area contributed by atoms with Gasteiger partial charge in [-0.15, -0.1) is 0 Å². The average molecular weight is 371 g/mol. The standard InChI is InChI=1S/C11H7FIN5O/c12-7-4-14-10(15-8(7)3-13)6-1-2-9-16-17-11(19)18(9)5-6/h1-2,4-5H,3H2,(H,17,19). The molecule has 0 aliphatic carbocycles. The average Bonchev–Trinajstić information content (AvgIpc) is 2.80. The van der Waals surface area contributed by atoms with Gasteiger partial charge < -0.3 is 0 Å². The van der Waals surface area contributed by atoms with Crippen molar-refractivity contribution in [3.8, 4) is 11.4 Å². The maximum absolute atomic E-state index is 13.4. The van der Waals surface area contributed by atoms with Gasteiger partial charge in [-0.25, -0.2) is 28.7 Å².